The molecule has 1 aliphatic rings. The Kier molecular flexibility index (Phi) is 5.45. The van der Waals surface area contributed by atoms with Crippen molar-refractivity contribution in [1.82, 2.24) is 29.9 Å². The van der Waals surface area contributed by atoms with Crippen LogP contribution in [0.5, 0.6) is 5.75 Å². The van der Waals surface area contributed by atoms with Gasteiger partial charge in [0.25, 0.3) is 0 Å². The van der Waals surface area contributed by atoms with Gasteiger partial charge in [0.2, 0.25) is 0 Å². The SMILES string of the molecule is CC(C)(O)c1ncc(-c2ccc3nc4c(n3n2)C(c2ccccc2OC(F)F)NCC4F)cn1. The van der Waals surface area contributed by atoms with Gasteiger partial charge in [-0.2, -0.15) is 13.9 Å². The number of imidazole rings is 1. The van der Waals surface area contributed by atoms with E-state index in [0.29, 0.717) is 28.2 Å². The summed E-state index contributed by atoms with van der Waals surface area (Å²) in [6.07, 6.45) is 1.68. The number of hydrogen-bond acceptors (Lipinski definition) is 7. The summed E-state index contributed by atoms with van der Waals surface area (Å²) in [7, 11) is 0. The van der Waals surface area contributed by atoms with Crippen LogP contribution < -0.4 is 10.1 Å². The highest BCUT2D eigenvalue weighted by Gasteiger charge is 2.35. The van der Waals surface area contributed by atoms with Crippen molar-refractivity contribution in [1.29, 1.82) is 0 Å². The molecule has 0 aliphatic carbocycles. The topological polar surface area (TPSA) is 97.5 Å². The molecule has 8 nitrogen and oxygen atoms in total. The number of hydrogen-bond donors (Lipinski definition) is 2. The number of alkyl halides is 3. The summed E-state index contributed by atoms with van der Waals surface area (Å²) in [4.78, 5) is 12.8. The Bertz CT molecular complexity index is 1340. The normalized spacial score (nSPS) is 18.3. The molecule has 1 aliphatic heterocycles. The van der Waals surface area contributed by atoms with Gasteiger partial charge in [0.05, 0.1) is 17.4 Å². The second-order valence-corrected chi connectivity index (χ2v) is 8.45. The van der Waals surface area contributed by atoms with Crippen molar-refractivity contribution in [2.75, 3.05) is 6.54 Å². The first kappa shape index (κ1) is 22.2. The summed E-state index contributed by atoms with van der Waals surface area (Å²) in [5, 5.41) is 17.8. The second-order valence-electron chi connectivity index (χ2n) is 8.45. The molecular weight excluding hydrogens is 449 g/mol. The number of rotatable bonds is 5. The molecule has 2 unspecified atom stereocenters. The van der Waals surface area contributed by atoms with Crippen molar-refractivity contribution in [2.45, 2.75) is 38.3 Å². The molecule has 176 valence electrons. The van der Waals surface area contributed by atoms with Crippen LogP contribution in [0.25, 0.3) is 16.9 Å². The van der Waals surface area contributed by atoms with Crippen LogP contribution in [0.15, 0.2) is 48.8 Å². The van der Waals surface area contributed by atoms with Crippen LogP contribution >= 0.6 is 0 Å². The van der Waals surface area contributed by atoms with Gasteiger partial charge in [-0.15, -0.1) is 0 Å². The van der Waals surface area contributed by atoms with E-state index in [9.17, 15) is 18.3 Å². The fourth-order valence-electron chi connectivity index (χ4n) is 3.99. The third-order valence-electron chi connectivity index (χ3n) is 5.55. The van der Waals surface area contributed by atoms with Crippen molar-refractivity contribution in [3.8, 4) is 17.0 Å². The van der Waals surface area contributed by atoms with Crippen molar-refractivity contribution < 1.29 is 23.0 Å². The maximum absolute atomic E-state index is 14.8. The Hall–Kier alpha value is -3.57. The fraction of sp³-hybridized carbons (Fsp3) is 0.304. The minimum atomic E-state index is -3.00. The maximum Gasteiger partial charge on any atom is 0.387 e. The molecule has 0 saturated heterocycles. The highest BCUT2D eigenvalue weighted by atomic mass is 19.3. The fourth-order valence-corrected chi connectivity index (χ4v) is 3.99. The molecule has 0 bridgehead atoms. The van der Waals surface area contributed by atoms with E-state index in [1.54, 1.807) is 44.2 Å². The zero-order valence-corrected chi connectivity index (χ0v) is 18.3. The lowest BCUT2D eigenvalue weighted by Crippen LogP contribution is -2.33. The molecule has 0 amide bonds. The number of benzene rings is 1. The van der Waals surface area contributed by atoms with Crippen molar-refractivity contribution in [3.63, 3.8) is 0 Å². The van der Waals surface area contributed by atoms with Crippen LogP contribution in [0.4, 0.5) is 13.2 Å². The van der Waals surface area contributed by atoms with Crippen molar-refractivity contribution >= 4 is 5.65 Å². The second kappa shape index (κ2) is 8.33. The van der Waals surface area contributed by atoms with Gasteiger partial charge in [0.15, 0.2) is 17.6 Å². The van der Waals surface area contributed by atoms with Crippen LogP contribution in [0.3, 0.4) is 0 Å². The first-order chi connectivity index (χ1) is 16.2. The zero-order valence-electron chi connectivity index (χ0n) is 18.3. The average Bonchev–Trinajstić information content (AvgIpc) is 3.19. The molecule has 4 aromatic rings. The van der Waals surface area contributed by atoms with Gasteiger partial charge in [0.1, 0.15) is 17.0 Å². The molecule has 0 spiro atoms. The third kappa shape index (κ3) is 3.97. The predicted molar refractivity (Wildman–Crippen MR) is 116 cm³/mol. The summed E-state index contributed by atoms with van der Waals surface area (Å²) in [6.45, 7) is 0.126. The predicted octanol–water partition coefficient (Wildman–Crippen LogP) is 3.72. The van der Waals surface area contributed by atoms with Crippen LogP contribution in [-0.4, -0.2) is 42.8 Å². The molecule has 0 saturated carbocycles. The number of halogens is 3. The minimum Gasteiger partial charge on any atom is -0.434 e. The van der Waals surface area contributed by atoms with Gasteiger partial charge in [-0.05, 0) is 32.0 Å². The number of para-hydroxylation sites is 1. The Morgan fingerprint density at radius 2 is 1.88 bits per heavy atom. The highest BCUT2D eigenvalue weighted by Crippen LogP contribution is 2.38. The van der Waals surface area contributed by atoms with Crippen molar-refractivity contribution in [3.05, 3.63) is 71.6 Å². The van der Waals surface area contributed by atoms with E-state index in [4.69, 9.17) is 4.74 Å². The quantitative estimate of drug-likeness (QED) is 0.459. The lowest BCUT2D eigenvalue weighted by Gasteiger charge is -2.27. The van der Waals surface area contributed by atoms with Crippen LogP contribution in [0.1, 0.15) is 48.8 Å². The van der Waals surface area contributed by atoms with E-state index in [-0.39, 0.29) is 23.8 Å². The highest BCUT2D eigenvalue weighted by molar-refractivity contribution is 5.59. The number of fused-ring (bicyclic) bond motifs is 3. The van der Waals surface area contributed by atoms with Crippen molar-refractivity contribution in [2.24, 2.45) is 0 Å². The van der Waals surface area contributed by atoms with Gasteiger partial charge < -0.3 is 15.2 Å². The summed E-state index contributed by atoms with van der Waals surface area (Å²) < 4.78 is 47.0. The lowest BCUT2D eigenvalue weighted by atomic mass is 9.96. The molecule has 0 fully saturated rings. The van der Waals surface area contributed by atoms with E-state index in [1.165, 1.54) is 23.0 Å². The molecule has 2 atom stereocenters. The van der Waals surface area contributed by atoms with E-state index in [1.807, 2.05) is 0 Å². The first-order valence-electron chi connectivity index (χ1n) is 10.6. The standard InChI is InChI=1S/C23H21F3N6O2/c1-23(2,33)21-28-9-12(10-29-21)15-7-8-17-30-19-14(24)11-27-18(20(19)32(17)31-15)13-5-3-4-6-16(13)34-22(25)26/h3-10,14,18,22,27,33H,11H2,1-2H3. The monoisotopic (exact) mass is 470 g/mol. The first-order valence-corrected chi connectivity index (χ1v) is 10.6. The largest absolute Gasteiger partial charge is 0.434 e. The summed E-state index contributed by atoms with van der Waals surface area (Å²) in [5.74, 6) is 0.248. The Labute approximate surface area is 192 Å². The lowest BCUT2D eigenvalue weighted by molar-refractivity contribution is -0.0506. The van der Waals surface area contributed by atoms with E-state index in [2.05, 4.69) is 25.4 Å². The van der Waals surface area contributed by atoms with E-state index >= 15 is 0 Å². The summed E-state index contributed by atoms with van der Waals surface area (Å²) >= 11 is 0. The van der Waals surface area contributed by atoms with Gasteiger partial charge in [-0.1, -0.05) is 18.2 Å². The zero-order chi connectivity index (χ0) is 24.0. The number of ether oxygens (including phenoxy) is 1. The molecule has 1 aromatic carbocycles. The van der Waals surface area contributed by atoms with Gasteiger partial charge in [-0.3, -0.25) is 0 Å². The molecule has 2 N–H and O–H groups in total. The molecule has 3 aromatic heterocycles. The minimum absolute atomic E-state index is 0.0139. The molecule has 5 rings (SSSR count). The van der Waals surface area contributed by atoms with Crippen LogP contribution in [0.2, 0.25) is 0 Å². The maximum atomic E-state index is 14.8. The molecule has 11 heteroatoms. The van der Waals surface area contributed by atoms with Gasteiger partial charge in [-0.25, -0.2) is 23.9 Å². The summed E-state index contributed by atoms with van der Waals surface area (Å²) in [6, 6.07) is 9.09. The van der Waals surface area contributed by atoms with Crippen LogP contribution in [0, 0.1) is 0 Å². The number of nitrogens with one attached hydrogen (secondary N) is 1. The Morgan fingerprint density at radius 1 is 1.15 bits per heavy atom. The third-order valence-corrected chi connectivity index (χ3v) is 5.55. The molecule has 0 radical (unpaired) electrons. The number of nitrogens with zero attached hydrogens (tertiary/aromatic N) is 5. The van der Waals surface area contributed by atoms with Gasteiger partial charge >= 0.3 is 6.61 Å². The number of aromatic nitrogens is 5. The summed E-state index contributed by atoms with van der Waals surface area (Å²) in [5.41, 5.74) is 1.29. The Morgan fingerprint density at radius 3 is 2.59 bits per heavy atom. The number of aliphatic hydroxyl groups is 1. The molecule has 4 heterocycles. The molecular formula is C23H21F3N6O2. The Balaban J connectivity index is 1.63. The van der Waals surface area contributed by atoms with E-state index in [0.717, 1.165) is 0 Å². The van der Waals surface area contributed by atoms with Crippen LogP contribution in [-0.2, 0) is 5.60 Å². The smallest absolute Gasteiger partial charge is 0.387 e. The molecule has 34 heavy (non-hydrogen) atoms. The van der Waals surface area contributed by atoms with E-state index < -0.39 is 24.4 Å². The van der Waals surface area contributed by atoms with Gasteiger partial charge in [0, 0.05) is 30.1 Å². The average molecular weight is 470 g/mol.